The maximum absolute atomic E-state index is 13.2. The van der Waals surface area contributed by atoms with Crippen molar-refractivity contribution in [3.8, 4) is 0 Å². The average Bonchev–Trinajstić information content (AvgIpc) is 3.22. The maximum Gasteiger partial charge on any atom is 0.355 e. The quantitative estimate of drug-likeness (QED) is 0.201. The van der Waals surface area contributed by atoms with Crippen molar-refractivity contribution in [3.63, 3.8) is 0 Å². The number of hydrogen-bond acceptors (Lipinski definition) is 6. The Kier molecular flexibility index (Phi) is 7.21. The summed E-state index contributed by atoms with van der Waals surface area (Å²) in [5, 5.41) is -0.261. The van der Waals surface area contributed by atoms with E-state index in [9.17, 15) is 9.59 Å². The van der Waals surface area contributed by atoms with E-state index >= 15 is 0 Å². The Morgan fingerprint density at radius 1 is 1.47 bits per heavy atom. The van der Waals surface area contributed by atoms with E-state index in [1.54, 1.807) is 4.90 Å². The van der Waals surface area contributed by atoms with Crippen LogP contribution in [0.3, 0.4) is 0 Å². The molecule has 3 aliphatic rings. The second kappa shape index (κ2) is 9.18. The number of carbonyl (C=O) groups excluding carboxylic acids is 2. The fraction of sp³-hybridized carbons (Fsp3) is 0.727. The van der Waals surface area contributed by atoms with Crippen LogP contribution in [0, 0.1) is 11.3 Å². The number of fused-ring (bicyclic) bond motifs is 1. The van der Waals surface area contributed by atoms with Gasteiger partial charge >= 0.3 is 5.97 Å². The molecule has 0 aliphatic carbocycles. The van der Waals surface area contributed by atoms with Crippen LogP contribution in [-0.4, -0.2) is 62.5 Å². The number of ether oxygens (including phenoxy) is 2. The van der Waals surface area contributed by atoms with Crippen molar-refractivity contribution in [3.05, 3.63) is 23.9 Å². The number of amides is 1. The summed E-state index contributed by atoms with van der Waals surface area (Å²) in [6.45, 7) is 15.1. The zero-order chi connectivity index (χ0) is 22.2. The first kappa shape index (κ1) is 23.6. The third-order valence-corrected chi connectivity index (χ3v) is 8.74. The smallest absolute Gasteiger partial charge is 0.355 e. The summed E-state index contributed by atoms with van der Waals surface area (Å²) in [7, 11) is -1.04. The van der Waals surface area contributed by atoms with Gasteiger partial charge < -0.3 is 18.8 Å². The van der Waals surface area contributed by atoms with Crippen LogP contribution < -0.4 is 0 Å². The minimum Gasteiger partial charge on any atom is -0.457 e. The standard InChI is InChI=1S/C22H34NO5SSi/c1-7-10-27-21(25)18-16(14-9-8-11-26-14)19(29)17-15(20(24)23(17)18)13(2)28-30(6)12-22(3,4)5/h7,13-15,17,19,29H,1,8-12H2,2-6H3. The van der Waals surface area contributed by atoms with E-state index < -0.39 is 15.0 Å². The Morgan fingerprint density at radius 3 is 2.73 bits per heavy atom. The molecule has 5 atom stereocenters. The van der Waals surface area contributed by atoms with Crippen molar-refractivity contribution < 1.29 is 23.5 Å². The molecule has 2 saturated heterocycles. The molecular formula is C22H34NO5SSi. The molecule has 6 nitrogen and oxygen atoms in total. The summed E-state index contributed by atoms with van der Waals surface area (Å²) in [6.07, 6.45) is 2.86. The van der Waals surface area contributed by atoms with Crippen molar-refractivity contribution in [1.82, 2.24) is 4.90 Å². The first-order valence-corrected chi connectivity index (χ1v) is 13.3. The second-order valence-corrected chi connectivity index (χ2v) is 12.2. The van der Waals surface area contributed by atoms with Crippen LogP contribution in [-0.2, 0) is 23.5 Å². The van der Waals surface area contributed by atoms with Crippen molar-refractivity contribution >= 4 is 33.5 Å². The highest BCUT2D eigenvalue weighted by Gasteiger charge is 2.62. The van der Waals surface area contributed by atoms with E-state index in [4.69, 9.17) is 26.5 Å². The van der Waals surface area contributed by atoms with Gasteiger partial charge in [-0.2, -0.15) is 12.6 Å². The molecule has 0 aromatic rings. The van der Waals surface area contributed by atoms with Gasteiger partial charge in [-0.15, -0.1) is 0 Å². The van der Waals surface area contributed by atoms with E-state index in [1.807, 2.05) is 6.92 Å². The van der Waals surface area contributed by atoms with Gasteiger partial charge in [0.25, 0.3) is 0 Å². The Morgan fingerprint density at radius 2 is 2.17 bits per heavy atom. The summed E-state index contributed by atoms with van der Waals surface area (Å²) >= 11 is 4.86. The summed E-state index contributed by atoms with van der Waals surface area (Å²) < 4.78 is 17.5. The van der Waals surface area contributed by atoms with Gasteiger partial charge in [0.05, 0.1) is 24.2 Å². The van der Waals surface area contributed by atoms with Crippen LogP contribution in [0.1, 0.15) is 40.5 Å². The van der Waals surface area contributed by atoms with Gasteiger partial charge in [-0.05, 0) is 37.8 Å². The third-order valence-electron chi connectivity index (χ3n) is 5.82. The highest BCUT2D eigenvalue weighted by Crippen LogP contribution is 2.49. The largest absolute Gasteiger partial charge is 0.457 e. The molecule has 0 spiro atoms. The SMILES string of the molecule is C=CCOC(=O)C1=C(C2CCCO2)C(S)C2C(C(C)O[Si](C)CC(C)(C)C)C(=O)N12. The van der Waals surface area contributed by atoms with Crippen LogP contribution in [0.15, 0.2) is 23.9 Å². The van der Waals surface area contributed by atoms with E-state index in [-0.39, 0.29) is 47.3 Å². The van der Waals surface area contributed by atoms with E-state index in [0.717, 1.165) is 24.5 Å². The normalized spacial score (nSPS) is 29.8. The topological polar surface area (TPSA) is 65.1 Å². The zero-order valence-corrected chi connectivity index (χ0v) is 20.5. The number of esters is 1. The molecule has 5 unspecified atom stereocenters. The van der Waals surface area contributed by atoms with Crippen LogP contribution in [0.4, 0.5) is 0 Å². The summed E-state index contributed by atoms with van der Waals surface area (Å²) in [5.74, 6) is -0.903. The van der Waals surface area contributed by atoms with Crippen molar-refractivity contribution in [2.24, 2.45) is 11.3 Å². The molecule has 2 fully saturated rings. The molecule has 1 radical (unpaired) electrons. The number of nitrogens with zero attached hydrogens (tertiary/aromatic N) is 1. The third kappa shape index (κ3) is 4.56. The monoisotopic (exact) mass is 452 g/mol. The molecule has 0 saturated carbocycles. The summed E-state index contributed by atoms with van der Waals surface area (Å²) in [4.78, 5) is 27.6. The van der Waals surface area contributed by atoms with Crippen molar-refractivity contribution in [1.29, 1.82) is 0 Å². The van der Waals surface area contributed by atoms with E-state index in [2.05, 4.69) is 33.9 Å². The van der Waals surface area contributed by atoms with Crippen LogP contribution in [0.25, 0.3) is 0 Å². The van der Waals surface area contributed by atoms with E-state index in [1.165, 1.54) is 6.08 Å². The minimum absolute atomic E-state index is 0.0874. The van der Waals surface area contributed by atoms with Gasteiger partial charge in [0.2, 0.25) is 14.9 Å². The molecule has 0 bridgehead atoms. The number of carbonyl (C=O) groups is 2. The van der Waals surface area contributed by atoms with Crippen LogP contribution in [0.5, 0.6) is 0 Å². The van der Waals surface area contributed by atoms with Gasteiger partial charge in [-0.25, -0.2) is 4.79 Å². The number of β-lactam (4-membered cyclic amide) rings is 1. The Hall–Kier alpha value is -1.09. The minimum atomic E-state index is -1.04. The van der Waals surface area contributed by atoms with Gasteiger partial charge in [0.1, 0.15) is 12.3 Å². The fourth-order valence-corrected chi connectivity index (χ4v) is 7.80. The lowest BCUT2D eigenvalue weighted by molar-refractivity contribution is -0.161. The summed E-state index contributed by atoms with van der Waals surface area (Å²) in [5.41, 5.74) is 1.29. The molecule has 30 heavy (non-hydrogen) atoms. The lowest BCUT2D eigenvalue weighted by atomic mass is 9.82. The van der Waals surface area contributed by atoms with Crippen molar-refractivity contribution in [2.75, 3.05) is 13.2 Å². The molecule has 8 heteroatoms. The molecule has 0 N–H and O–H groups in total. The van der Waals surface area contributed by atoms with E-state index in [0.29, 0.717) is 12.3 Å². The van der Waals surface area contributed by atoms with Crippen LogP contribution in [0.2, 0.25) is 12.6 Å². The molecule has 0 aromatic heterocycles. The molecule has 3 rings (SSSR count). The van der Waals surface area contributed by atoms with Gasteiger partial charge in [-0.1, -0.05) is 33.4 Å². The first-order valence-electron chi connectivity index (χ1n) is 10.7. The molecule has 1 amide bonds. The highest BCUT2D eigenvalue weighted by atomic mass is 32.1. The lowest BCUT2D eigenvalue weighted by Gasteiger charge is -2.48. The number of rotatable bonds is 8. The zero-order valence-electron chi connectivity index (χ0n) is 18.6. The predicted molar refractivity (Wildman–Crippen MR) is 120 cm³/mol. The fourth-order valence-electron chi connectivity index (χ4n) is 4.83. The Bertz CT molecular complexity index is 728. The van der Waals surface area contributed by atoms with Crippen LogP contribution >= 0.6 is 12.6 Å². The van der Waals surface area contributed by atoms with Crippen molar-refractivity contribution in [2.45, 2.75) is 76.6 Å². The average molecular weight is 453 g/mol. The summed E-state index contributed by atoms with van der Waals surface area (Å²) in [6, 6.07) is 0.797. The molecular weight excluding hydrogens is 418 g/mol. The van der Waals surface area contributed by atoms with Gasteiger partial charge in [-0.3, -0.25) is 4.79 Å². The molecule has 0 aromatic carbocycles. The second-order valence-electron chi connectivity index (χ2n) is 9.62. The molecule has 3 aliphatic heterocycles. The maximum atomic E-state index is 13.2. The Labute approximate surface area is 187 Å². The van der Waals surface area contributed by atoms with Gasteiger partial charge in [0.15, 0.2) is 0 Å². The van der Waals surface area contributed by atoms with Gasteiger partial charge in [0, 0.05) is 17.4 Å². The highest BCUT2D eigenvalue weighted by molar-refractivity contribution is 7.81. The molecule has 167 valence electrons. The first-order chi connectivity index (χ1) is 14.1. The Balaban J connectivity index is 1.80. The predicted octanol–water partition coefficient (Wildman–Crippen LogP) is 3.36. The number of thiol groups is 1. The number of hydrogen-bond donors (Lipinski definition) is 1. The lowest BCUT2D eigenvalue weighted by Crippen LogP contribution is -2.65. The molecule has 3 heterocycles.